The number of rotatable bonds is 4. The highest BCUT2D eigenvalue weighted by Crippen LogP contribution is 2.33. The summed E-state index contributed by atoms with van der Waals surface area (Å²) in [6.07, 6.45) is 3.96. The van der Waals surface area contributed by atoms with Crippen LogP contribution >= 0.6 is 11.5 Å². The van der Waals surface area contributed by atoms with E-state index in [9.17, 15) is 4.79 Å². The van der Waals surface area contributed by atoms with Crippen molar-refractivity contribution in [1.29, 1.82) is 0 Å². The Kier molecular flexibility index (Phi) is 3.28. The van der Waals surface area contributed by atoms with Crippen LogP contribution in [0.15, 0.2) is 0 Å². The molecule has 0 saturated heterocycles. The molecule has 1 heterocycles. The highest BCUT2D eigenvalue weighted by atomic mass is 32.1. The van der Waals surface area contributed by atoms with Crippen LogP contribution in [-0.4, -0.2) is 16.2 Å². The van der Waals surface area contributed by atoms with Gasteiger partial charge >= 0.3 is 0 Å². The molecule has 0 radical (unpaired) electrons. The minimum absolute atomic E-state index is 0.106. The number of carbonyl (C=O) groups is 1. The number of ketones is 1. The van der Waals surface area contributed by atoms with Gasteiger partial charge in [-0.15, -0.1) is 0 Å². The summed E-state index contributed by atoms with van der Waals surface area (Å²) in [6.45, 7) is 5.70. The molecule has 1 atom stereocenters. The van der Waals surface area contributed by atoms with Crippen LogP contribution in [0.4, 0.5) is 5.00 Å². The molecule has 1 aromatic rings. The molecule has 1 aliphatic rings. The van der Waals surface area contributed by atoms with Crippen LogP contribution in [0.25, 0.3) is 0 Å². The molecular weight excluding hydrogens is 220 g/mol. The Balaban J connectivity index is 2.11. The van der Waals surface area contributed by atoms with E-state index in [4.69, 9.17) is 0 Å². The molecule has 1 aliphatic carbocycles. The van der Waals surface area contributed by atoms with Gasteiger partial charge in [0, 0.05) is 6.04 Å². The topological polar surface area (TPSA) is 42.0 Å². The largest absolute Gasteiger partial charge is 0.372 e. The van der Waals surface area contributed by atoms with Gasteiger partial charge in [-0.05, 0) is 51.1 Å². The van der Waals surface area contributed by atoms with E-state index < -0.39 is 0 Å². The third kappa shape index (κ3) is 2.12. The van der Waals surface area contributed by atoms with E-state index in [0.29, 0.717) is 6.04 Å². The fourth-order valence-corrected chi connectivity index (χ4v) is 3.09. The second kappa shape index (κ2) is 4.53. The third-order valence-electron chi connectivity index (χ3n) is 3.43. The van der Waals surface area contributed by atoms with Gasteiger partial charge in [0.25, 0.3) is 0 Å². The van der Waals surface area contributed by atoms with Crippen LogP contribution in [0.1, 0.15) is 49.2 Å². The Morgan fingerprint density at radius 1 is 1.56 bits per heavy atom. The molecule has 0 spiro atoms. The summed E-state index contributed by atoms with van der Waals surface area (Å²) in [4.78, 5) is 11.5. The second-order valence-electron chi connectivity index (χ2n) is 4.65. The number of hydrogen-bond acceptors (Lipinski definition) is 4. The maximum Gasteiger partial charge on any atom is 0.164 e. The lowest BCUT2D eigenvalue weighted by molar-refractivity contribution is 0.101. The molecule has 0 aromatic carbocycles. The number of Topliss-reactive ketones (excluding diaryl/α,β-unsaturated/α-hetero) is 1. The average molecular weight is 238 g/mol. The Bertz CT molecular complexity index is 396. The molecule has 88 valence electrons. The van der Waals surface area contributed by atoms with Crippen LogP contribution in [0.5, 0.6) is 0 Å². The smallest absolute Gasteiger partial charge is 0.164 e. The Labute approximate surface area is 100 Å². The zero-order valence-electron chi connectivity index (χ0n) is 10.0. The monoisotopic (exact) mass is 238 g/mol. The SMILES string of the molecule is CC(=O)c1c(C)nsc1NC(C)C1CCC1. The minimum atomic E-state index is 0.106. The van der Waals surface area contributed by atoms with Crippen molar-refractivity contribution in [2.75, 3.05) is 5.32 Å². The second-order valence-corrected chi connectivity index (χ2v) is 5.43. The summed E-state index contributed by atoms with van der Waals surface area (Å²) in [5.41, 5.74) is 1.62. The first kappa shape index (κ1) is 11.6. The van der Waals surface area contributed by atoms with Crippen LogP contribution in [0.3, 0.4) is 0 Å². The summed E-state index contributed by atoms with van der Waals surface area (Å²) >= 11 is 1.40. The van der Waals surface area contributed by atoms with E-state index in [-0.39, 0.29) is 5.78 Å². The van der Waals surface area contributed by atoms with Gasteiger partial charge in [-0.2, -0.15) is 4.37 Å². The van der Waals surface area contributed by atoms with Crippen LogP contribution in [0, 0.1) is 12.8 Å². The van der Waals surface area contributed by atoms with Crippen LogP contribution in [0.2, 0.25) is 0 Å². The van der Waals surface area contributed by atoms with Crippen molar-refractivity contribution in [1.82, 2.24) is 4.37 Å². The maximum absolute atomic E-state index is 11.5. The zero-order valence-corrected chi connectivity index (χ0v) is 10.9. The molecule has 0 bridgehead atoms. The predicted molar refractivity (Wildman–Crippen MR) is 67.3 cm³/mol. The van der Waals surface area contributed by atoms with Crippen molar-refractivity contribution in [2.24, 2.45) is 5.92 Å². The van der Waals surface area contributed by atoms with Gasteiger partial charge in [0.1, 0.15) is 5.00 Å². The molecule has 1 saturated carbocycles. The molecule has 0 aliphatic heterocycles. The van der Waals surface area contributed by atoms with Crippen molar-refractivity contribution in [3.8, 4) is 0 Å². The van der Waals surface area contributed by atoms with Crippen molar-refractivity contribution in [3.63, 3.8) is 0 Å². The predicted octanol–water partition coefficient (Wildman–Crippen LogP) is 3.25. The summed E-state index contributed by atoms with van der Waals surface area (Å²) in [5.74, 6) is 0.872. The summed E-state index contributed by atoms with van der Waals surface area (Å²) in [7, 11) is 0. The number of carbonyl (C=O) groups excluding carboxylic acids is 1. The van der Waals surface area contributed by atoms with E-state index in [0.717, 1.165) is 22.2 Å². The van der Waals surface area contributed by atoms with Crippen molar-refractivity contribution in [2.45, 2.75) is 46.1 Å². The highest BCUT2D eigenvalue weighted by molar-refractivity contribution is 7.10. The van der Waals surface area contributed by atoms with Gasteiger partial charge < -0.3 is 5.32 Å². The van der Waals surface area contributed by atoms with Crippen molar-refractivity contribution in [3.05, 3.63) is 11.3 Å². The Morgan fingerprint density at radius 2 is 2.25 bits per heavy atom. The molecule has 16 heavy (non-hydrogen) atoms. The number of nitrogens with zero attached hydrogens (tertiary/aromatic N) is 1. The first-order valence-corrected chi connectivity index (χ1v) is 6.60. The lowest BCUT2D eigenvalue weighted by Gasteiger charge is -2.32. The summed E-state index contributed by atoms with van der Waals surface area (Å²) < 4.78 is 4.25. The molecule has 3 nitrogen and oxygen atoms in total. The van der Waals surface area contributed by atoms with Crippen molar-refractivity contribution >= 4 is 22.3 Å². The average Bonchev–Trinajstić information content (AvgIpc) is 2.43. The molecule has 1 aromatic heterocycles. The van der Waals surface area contributed by atoms with E-state index in [1.54, 1.807) is 6.92 Å². The molecule has 1 N–H and O–H groups in total. The molecule has 1 unspecified atom stereocenters. The van der Waals surface area contributed by atoms with Crippen LogP contribution in [-0.2, 0) is 0 Å². The van der Waals surface area contributed by atoms with Gasteiger partial charge in [-0.25, -0.2) is 0 Å². The third-order valence-corrected chi connectivity index (χ3v) is 4.30. The van der Waals surface area contributed by atoms with Gasteiger partial charge in [-0.1, -0.05) is 6.42 Å². The summed E-state index contributed by atoms with van der Waals surface area (Å²) in [6, 6.07) is 0.451. The molecular formula is C12H18N2OS. The van der Waals surface area contributed by atoms with Crippen LogP contribution < -0.4 is 5.32 Å². The molecule has 0 amide bonds. The molecule has 2 rings (SSSR count). The number of hydrogen-bond donors (Lipinski definition) is 1. The van der Waals surface area contributed by atoms with E-state index in [1.165, 1.54) is 30.8 Å². The zero-order chi connectivity index (χ0) is 11.7. The lowest BCUT2D eigenvalue weighted by atomic mass is 9.80. The number of aromatic nitrogens is 1. The number of anilines is 1. The van der Waals surface area contributed by atoms with E-state index in [1.807, 2.05) is 6.92 Å². The Hall–Kier alpha value is -0.900. The highest BCUT2D eigenvalue weighted by Gasteiger charge is 2.25. The number of aryl methyl sites for hydroxylation is 1. The summed E-state index contributed by atoms with van der Waals surface area (Å²) in [5, 5.41) is 4.40. The lowest BCUT2D eigenvalue weighted by Crippen LogP contribution is -2.30. The molecule has 1 fully saturated rings. The fraction of sp³-hybridized carbons (Fsp3) is 0.667. The first-order valence-electron chi connectivity index (χ1n) is 5.83. The fourth-order valence-electron chi connectivity index (χ4n) is 2.15. The standard InChI is InChI=1S/C12H18N2OS/c1-7(10-5-4-6-10)13-12-11(9(3)15)8(2)14-16-12/h7,10,13H,4-6H2,1-3H3. The molecule has 4 heteroatoms. The normalized spacial score (nSPS) is 17.9. The van der Waals surface area contributed by atoms with Gasteiger partial charge in [-0.3, -0.25) is 4.79 Å². The number of nitrogens with one attached hydrogen (secondary N) is 1. The maximum atomic E-state index is 11.5. The van der Waals surface area contributed by atoms with E-state index >= 15 is 0 Å². The van der Waals surface area contributed by atoms with Gasteiger partial charge in [0.05, 0.1) is 11.3 Å². The minimum Gasteiger partial charge on any atom is -0.372 e. The van der Waals surface area contributed by atoms with Gasteiger partial charge in [0.15, 0.2) is 5.78 Å². The first-order chi connectivity index (χ1) is 7.59. The van der Waals surface area contributed by atoms with Crippen molar-refractivity contribution < 1.29 is 4.79 Å². The quantitative estimate of drug-likeness (QED) is 0.819. The Morgan fingerprint density at radius 3 is 2.75 bits per heavy atom. The van der Waals surface area contributed by atoms with Gasteiger partial charge in [0.2, 0.25) is 0 Å². The van der Waals surface area contributed by atoms with E-state index in [2.05, 4.69) is 16.6 Å².